The predicted octanol–water partition coefficient (Wildman–Crippen LogP) is 4.56. The van der Waals surface area contributed by atoms with Crippen LogP contribution < -0.4 is 4.90 Å². The van der Waals surface area contributed by atoms with Gasteiger partial charge in [0.15, 0.2) is 5.82 Å². The molecular formula is C21H31N3O3. The minimum Gasteiger partial charge on any atom is -0.477 e. The summed E-state index contributed by atoms with van der Waals surface area (Å²) < 4.78 is 1.67. The first-order chi connectivity index (χ1) is 12.9. The van der Waals surface area contributed by atoms with Gasteiger partial charge in [-0.3, -0.25) is 9.69 Å². The summed E-state index contributed by atoms with van der Waals surface area (Å²) in [6.07, 6.45) is 11.6. The molecule has 3 rings (SSSR count). The molecule has 148 valence electrons. The van der Waals surface area contributed by atoms with E-state index in [1.54, 1.807) is 15.8 Å². The molecule has 1 heterocycles. The number of aromatic nitrogens is 2. The molecule has 1 N–H and O–H groups in total. The van der Waals surface area contributed by atoms with E-state index in [0.29, 0.717) is 5.92 Å². The van der Waals surface area contributed by atoms with E-state index >= 15 is 0 Å². The lowest BCUT2D eigenvalue weighted by molar-refractivity contribution is -0.123. The maximum absolute atomic E-state index is 13.3. The van der Waals surface area contributed by atoms with E-state index in [1.165, 1.54) is 0 Å². The van der Waals surface area contributed by atoms with Crippen molar-refractivity contribution in [3.05, 3.63) is 17.8 Å². The molecular weight excluding hydrogens is 342 g/mol. The smallest absolute Gasteiger partial charge is 0.341 e. The zero-order chi connectivity index (χ0) is 19.6. The molecule has 1 aromatic rings. The van der Waals surface area contributed by atoms with Crippen molar-refractivity contribution in [2.24, 2.45) is 11.8 Å². The Bertz CT molecular complexity index is 727. The molecule has 1 aromatic heterocycles. The average Bonchev–Trinajstić information content (AvgIpc) is 3.08. The minimum atomic E-state index is -1.04. The monoisotopic (exact) mass is 373 g/mol. The van der Waals surface area contributed by atoms with Crippen molar-refractivity contribution in [1.29, 1.82) is 0 Å². The van der Waals surface area contributed by atoms with Crippen molar-refractivity contribution in [3.8, 4) is 0 Å². The molecule has 1 fully saturated rings. The molecule has 1 saturated carbocycles. The van der Waals surface area contributed by atoms with E-state index in [2.05, 4.69) is 18.1 Å². The van der Waals surface area contributed by atoms with Crippen LogP contribution in [0.2, 0.25) is 0 Å². The first-order valence-corrected chi connectivity index (χ1v) is 10.2. The molecule has 0 saturated heterocycles. The van der Waals surface area contributed by atoms with Crippen LogP contribution in [-0.2, 0) is 4.79 Å². The van der Waals surface area contributed by atoms with E-state index in [0.717, 1.165) is 57.1 Å². The summed E-state index contributed by atoms with van der Waals surface area (Å²) in [6, 6.07) is -0.140. The lowest BCUT2D eigenvalue weighted by atomic mass is 9.82. The number of allylic oxidation sites excluding steroid dienone is 2. The van der Waals surface area contributed by atoms with E-state index in [4.69, 9.17) is 0 Å². The molecule has 6 nitrogen and oxygen atoms in total. The van der Waals surface area contributed by atoms with Crippen molar-refractivity contribution in [1.82, 2.24) is 9.78 Å². The standard InChI is InChI=1S/C21H31N3O3/c1-14(2)24(20(25)16-11-9-15(3)10-12-16)19-18(21(26)27)13-23(22-19)17-7-5-4-6-8-17/h7,13-16H,4-6,8-12H2,1-3H3,(H,26,27)/t15-,16-. The van der Waals surface area contributed by atoms with E-state index in [1.807, 2.05) is 13.8 Å². The van der Waals surface area contributed by atoms with Crippen molar-refractivity contribution in [2.45, 2.75) is 78.2 Å². The van der Waals surface area contributed by atoms with Gasteiger partial charge in [-0.25, -0.2) is 9.48 Å². The summed E-state index contributed by atoms with van der Waals surface area (Å²) in [5.74, 6) is -0.115. The number of hydrogen-bond acceptors (Lipinski definition) is 3. The van der Waals surface area contributed by atoms with Gasteiger partial charge in [-0.2, -0.15) is 0 Å². The fourth-order valence-electron chi connectivity index (χ4n) is 4.18. The predicted molar refractivity (Wildman–Crippen MR) is 106 cm³/mol. The second kappa shape index (κ2) is 8.28. The summed E-state index contributed by atoms with van der Waals surface area (Å²) in [6.45, 7) is 6.07. The highest BCUT2D eigenvalue weighted by atomic mass is 16.4. The van der Waals surface area contributed by atoms with Gasteiger partial charge in [0.2, 0.25) is 5.91 Å². The molecule has 2 aliphatic carbocycles. The molecule has 0 radical (unpaired) electrons. The van der Waals surface area contributed by atoms with Gasteiger partial charge >= 0.3 is 5.97 Å². The number of carbonyl (C=O) groups excluding carboxylic acids is 1. The summed E-state index contributed by atoms with van der Waals surface area (Å²) in [5.41, 5.74) is 1.13. The van der Waals surface area contributed by atoms with Crippen LogP contribution in [0, 0.1) is 11.8 Å². The minimum absolute atomic E-state index is 0.0160. The van der Waals surface area contributed by atoms with Gasteiger partial charge in [0.1, 0.15) is 5.56 Å². The number of anilines is 1. The first-order valence-electron chi connectivity index (χ1n) is 10.2. The van der Waals surface area contributed by atoms with Gasteiger partial charge in [0, 0.05) is 23.9 Å². The number of hydrogen-bond donors (Lipinski definition) is 1. The van der Waals surface area contributed by atoms with Crippen LogP contribution in [0.3, 0.4) is 0 Å². The lowest BCUT2D eigenvalue weighted by Gasteiger charge is -2.32. The van der Waals surface area contributed by atoms with Gasteiger partial charge in [-0.1, -0.05) is 13.0 Å². The second-order valence-electron chi connectivity index (χ2n) is 8.32. The highest BCUT2D eigenvalue weighted by Crippen LogP contribution is 2.33. The average molecular weight is 373 g/mol. The van der Waals surface area contributed by atoms with Crippen LogP contribution >= 0.6 is 0 Å². The van der Waals surface area contributed by atoms with Gasteiger partial charge in [0.05, 0.1) is 0 Å². The number of carboxylic acids is 1. The van der Waals surface area contributed by atoms with Crippen LogP contribution in [0.1, 0.15) is 82.5 Å². The van der Waals surface area contributed by atoms with Gasteiger partial charge in [-0.05, 0) is 71.1 Å². The Morgan fingerprint density at radius 2 is 1.93 bits per heavy atom. The molecule has 0 unspecified atom stereocenters. The zero-order valence-electron chi connectivity index (χ0n) is 16.6. The normalized spacial score (nSPS) is 23.2. The summed E-state index contributed by atoms with van der Waals surface area (Å²) in [7, 11) is 0. The number of amides is 1. The van der Waals surface area contributed by atoms with Crippen LogP contribution in [-0.4, -0.2) is 32.8 Å². The third-order valence-corrected chi connectivity index (χ3v) is 5.83. The van der Waals surface area contributed by atoms with Crippen molar-refractivity contribution < 1.29 is 14.7 Å². The van der Waals surface area contributed by atoms with Crippen molar-refractivity contribution in [3.63, 3.8) is 0 Å². The highest BCUT2D eigenvalue weighted by molar-refractivity contribution is 6.01. The maximum Gasteiger partial charge on any atom is 0.341 e. The lowest BCUT2D eigenvalue weighted by Crippen LogP contribution is -2.43. The number of rotatable bonds is 5. The van der Waals surface area contributed by atoms with E-state index in [9.17, 15) is 14.7 Å². The summed E-state index contributed by atoms with van der Waals surface area (Å²) in [5, 5.41) is 14.3. The third-order valence-electron chi connectivity index (χ3n) is 5.83. The second-order valence-corrected chi connectivity index (χ2v) is 8.32. The molecule has 2 aliphatic rings. The fraction of sp³-hybridized carbons (Fsp3) is 0.667. The van der Waals surface area contributed by atoms with Gasteiger partial charge in [0.25, 0.3) is 0 Å². The highest BCUT2D eigenvalue weighted by Gasteiger charge is 2.34. The SMILES string of the molecule is CC(C)N(c1nn(C2=CCCCC2)cc1C(=O)O)C(=O)[C@H]1CC[C@H](C)CC1. The van der Waals surface area contributed by atoms with Crippen molar-refractivity contribution in [2.75, 3.05) is 4.90 Å². The first kappa shape index (κ1) is 19.6. The van der Waals surface area contributed by atoms with Crippen LogP contribution in [0.15, 0.2) is 12.3 Å². The van der Waals surface area contributed by atoms with Gasteiger partial charge < -0.3 is 5.11 Å². The molecule has 0 atom stereocenters. The third kappa shape index (κ3) is 4.25. The van der Waals surface area contributed by atoms with Crippen LogP contribution in [0.5, 0.6) is 0 Å². The summed E-state index contributed by atoms with van der Waals surface area (Å²) in [4.78, 5) is 26.8. The Morgan fingerprint density at radius 1 is 1.22 bits per heavy atom. The Balaban J connectivity index is 1.94. The van der Waals surface area contributed by atoms with Gasteiger partial charge in [-0.15, -0.1) is 5.10 Å². The fourth-order valence-corrected chi connectivity index (χ4v) is 4.18. The molecule has 0 aliphatic heterocycles. The van der Waals surface area contributed by atoms with E-state index in [-0.39, 0.29) is 29.2 Å². The molecule has 0 spiro atoms. The maximum atomic E-state index is 13.3. The number of carbonyl (C=O) groups is 2. The topological polar surface area (TPSA) is 75.4 Å². The molecule has 0 aromatic carbocycles. The number of aromatic carboxylic acids is 1. The Labute approximate surface area is 161 Å². The van der Waals surface area contributed by atoms with Crippen LogP contribution in [0.4, 0.5) is 5.82 Å². The van der Waals surface area contributed by atoms with E-state index < -0.39 is 5.97 Å². The molecule has 6 heteroatoms. The Hall–Kier alpha value is -2.11. The number of nitrogens with zero attached hydrogens (tertiary/aromatic N) is 3. The van der Waals surface area contributed by atoms with Crippen molar-refractivity contribution >= 4 is 23.4 Å². The summed E-state index contributed by atoms with van der Waals surface area (Å²) >= 11 is 0. The molecule has 0 bridgehead atoms. The zero-order valence-corrected chi connectivity index (χ0v) is 16.6. The number of carboxylic acid groups (broad SMARTS) is 1. The largest absolute Gasteiger partial charge is 0.477 e. The Kier molecular flexibility index (Phi) is 6.02. The Morgan fingerprint density at radius 3 is 2.48 bits per heavy atom. The quantitative estimate of drug-likeness (QED) is 0.821. The molecule has 1 amide bonds. The molecule has 27 heavy (non-hydrogen) atoms. The van der Waals surface area contributed by atoms with Crippen LogP contribution in [0.25, 0.3) is 5.70 Å².